The molecule has 114 valence electrons. The fraction of sp³-hybridized carbons (Fsp3) is 0.733. The van der Waals surface area contributed by atoms with Gasteiger partial charge < -0.3 is 10.1 Å². The number of ketones is 3. The fourth-order valence-electron chi connectivity index (χ4n) is 1.73. The van der Waals surface area contributed by atoms with Crippen molar-refractivity contribution in [2.45, 2.75) is 65.8 Å². The van der Waals surface area contributed by atoms with Crippen LogP contribution in [0.5, 0.6) is 0 Å². The van der Waals surface area contributed by atoms with Crippen LogP contribution in [0.25, 0.3) is 0 Å². The number of rotatable bonds is 10. The molecule has 0 aliphatic rings. The van der Waals surface area contributed by atoms with Gasteiger partial charge in [-0.05, 0) is 13.3 Å². The molecule has 0 bridgehead atoms. The zero-order valence-corrected chi connectivity index (χ0v) is 12.8. The van der Waals surface area contributed by atoms with E-state index in [1.165, 1.54) is 6.92 Å². The number of nitrogens with one attached hydrogen (secondary N) is 1. The quantitative estimate of drug-likeness (QED) is 0.663. The molecule has 0 heterocycles. The average Bonchev–Trinajstić information content (AvgIpc) is 2.39. The minimum absolute atomic E-state index is 0.0121. The number of Topliss-reactive ketones (excluding diaryl/α,β-unsaturated/α-hetero) is 3. The fourth-order valence-corrected chi connectivity index (χ4v) is 1.73. The van der Waals surface area contributed by atoms with Gasteiger partial charge in [-0.1, -0.05) is 20.8 Å². The molecule has 0 aliphatic carbocycles. The number of carbonyl (C=O) groups excluding carboxylic acids is 4. The van der Waals surface area contributed by atoms with E-state index in [1.54, 1.807) is 20.8 Å². The molecule has 0 fully saturated rings. The molecular weight excluding hydrogens is 258 g/mol. The van der Waals surface area contributed by atoms with E-state index < -0.39 is 6.04 Å². The first-order valence-corrected chi connectivity index (χ1v) is 7.12. The molecule has 1 unspecified atom stereocenters. The van der Waals surface area contributed by atoms with Crippen molar-refractivity contribution >= 4 is 23.3 Å². The van der Waals surface area contributed by atoms with Gasteiger partial charge in [0.2, 0.25) is 5.91 Å². The molecule has 0 radical (unpaired) electrons. The van der Waals surface area contributed by atoms with Gasteiger partial charge in [-0.15, -0.1) is 0 Å². The Kier molecular flexibility index (Phi) is 8.68. The molecule has 0 aliphatic heterocycles. The molecule has 1 amide bonds. The van der Waals surface area contributed by atoms with Crippen LogP contribution in [-0.2, 0) is 19.2 Å². The van der Waals surface area contributed by atoms with Crippen LogP contribution in [0.2, 0.25) is 0 Å². The lowest BCUT2D eigenvalue weighted by Crippen LogP contribution is -2.43. The van der Waals surface area contributed by atoms with Gasteiger partial charge in [-0.2, -0.15) is 0 Å². The molecule has 0 aromatic carbocycles. The maximum absolute atomic E-state index is 12.0. The van der Waals surface area contributed by atoms with Crippen LogP contribution in [0, 0.1) is 5.92 Å². The number of hydrogen-bond acceptors (Lipinski definition) is 4. The predicted molar refractivity (Wildman–Crippen MR) is 76.2 cm³/mol. The molecule has 0 spiro atoms. The van der Waals surface area contributed by atoms with Crippen molar-refractivity contribution in [1.82, 2.24) is 5.32 Å². The summed E-state index contributed by atoms with van der Waals surface area (Å²) >= 11 is 0. The lowest BCUT2D eigenvalue weighted by molar-refractivity contribution is -0.130. The monoisotopic (exact) mass is 283 g/mol. The Morgan fingerprint density at radius 2 is 1.60 bits per heavy atom. The Morgan fingerprint density at radius 1 is 1.00 bits per heavy atom. The van der Waals surface area contributed by atoms with Gasteiger partial charge in [0.25, 0.3) is 0 Å². The van der Waals surface area contributed by atoms with Gasteiger partial charge in [-0.3, -0.25) is 14.4 Å². The van der Waals surface area contributed by atoms with E-state index in [0.29, 0.717) is 12.8 Å². The highest BCUT2D eigenvalue weighted by molar-refractivity contribution is 5.91. The van der Waals surface area contributed by atoms with E-state index in [2.05, 4.69) is 5.32 Å². The largest absolute Gasteiger partial charge is 0.346 e. The first kappa shape index (κ1) is 18.5. The second-order valence-corrected chi connectivity index (χ2v) is 5.31. The zero-order chi connectivity index (χ0) is 15.7. The number of carbonyl (C=O) groups is 4. The summed E-state index contributed by atoms with van der Waals surface area (Å²) in [6, 6.07) is -0.636. The maximum Gasteiger partial charge on any atom is 0.221 e. The highest BCUT2D eigenvalue weighted by Gasteiger charge is 2.23. The van der Waals surface area contributed by atoms with E-state index in [1.807, 2.05) is 0 Å². The second kappa shape index (κ2) is 9.39. The minimum Gasteiger partial charge on any atom is -0.346 e. The normalized spacial score (nSPS) is 12.1. The summed E-state index contributed by atoms with van der Waals surface area (Å²) in [7, 11) is 0. The smallest absolute Gasteiger partial charge is 0.221 e. The SMILES string of the molecule is CCC(=O)CCC(=O)NC(CCC(C)=O)C(=O)C(C)C. The van der Waals surface area contributed by atoms with E-state index >= 15 is 0 Å². The summed E-state index contributed by atoms with van der Waals surface area (Å²) in [5, 5.41) is 2.64. The van der Waals surface area contributed by atoms with Gasteiger partial charge >= 0.3 is 0 Å². The topological polar surface area (TPSA) is 80.3 Å². The molecule has 0 rings (SSSR count). The van der Waals surface area contributed by atoms with E-state index in [0.717, 1.165) is 0 Å². The lowest BCUT2D eigenvalue weighted by Gasteiger charge is -2.19. The van der Waals surface area contributed by atoms with Crippen LogP contribution in [0.1, 0.15) is 59.8 Å². The Labute approximate surface area is 120 Å². The van der Waals surface area contributed by atoms with Crippen LogP contribution >= 0.6 is 0 Å². The van der Waals surface area contributed by atoms with E-state index in [4.69, 9.17) is 0 Å². The molecule has 20 heavy (non-hydrogen) atoms. The third kappa shape index (κ3) is 7.81. The molecule has 0 aromatic rings. The molecule has 1 atom stereocenters. The molecule has 1 N–H and O–H groups in total. The Balaban J connectivity index is 4.47. The van der Waals surface area contributed by atoms with Gasteiger partial charge in [0.1, 0.15) is 11.6 Å². The lowest BCUT2D eigenvalue weighted by atomic mass is 9.97. The van der Waals surface area contributed by atoms with Gasteiger partial charge in [0.05, 0.1) is 6.04 Å². The molecular formula is C15H25NO4. The third-order valence-corrected chi connectivity index (χ3v) is 3.06. The van der Waals surface area contributed by atoms with Crippen LogP contribution in [-0.4, -0.2) is 29.3 Å². The van der Waals surface area contributed by atoms with E-state index in [-0.39, 0.29) is 48.4 Å². The standard InChI is InChI=1S/C15H25NO4/c1-5-12(18)7-9-14(19)16-13(8-6-11(4)17)15(20)10(2)3/h10,13H,5-9H2,1-4H3,(H,16,19). The molecule has 5 nitrogen and oxygen atoms in total. The Morgan fingerprint density at radius 3 is 2.05 bits per heavy atom. The Bertz CT molecular complexity index is 374. The van der Waals surface area contributed by atoms with Crippen LogP contribution in [0.3, 0.4) is 0 Å². The molecule has 5 heteroatoms. The zero-order valence-electron chi connectivity index (χ0n) is 12.8. The van der Waals surface area contributed by atoms with Crippen molar-refractivity contribution in [1.29, 1.82) is 0 Å². The average molecular weight is 283 g/mol. The number of hydrogen-bond donors (Lipinski definition) is 1. The summed E-state index contributed by atoms with van der Waals surface area (Å²) < 4.78 is 0. The first-order valence-electron chi connectivity index (χ1n) is 7.12. The van der Waals surface area contributed by atoms with Crippen molar-refractivity contribution in [3.63, 3.8) is 0 Å². The summed E-state index contributed by atoms with van der Waals surface area (Å²) in [6.45, 7) is 6.72. The van der Waals surface area contributed by atoms with Gasteiger partial charge in [-0.25, -0.2) is 0 Å². The van der Waals surface area contributed by atoms with Crippen molar-refractivity contribution in [3.05, 3.63) is 0 Å². The van der Waals surface area contributed by atoms with Crippen LogP contribution in [0.4, 0.5) is 0 Å². The van der Waals surface area contributed by atoms with Crippen molar-refractivity contribution in [3.8, 4) is 0 Å². The summed E-state index contributed by atoms with van der Waals surface area (Å²) in [4.78, 5) is 45.9. The molecule has 0 saturated carbocycles. The van der Waals surface area contributed by atoms with Crippen molar-refractivity contribution < 1.29 is 19.2 Å². The highest BCUT2D eigenvalue weighted by Crippen LogP contribution is 2.07. The summed E-state index contributed by atoms with van der Waals surface area (Å²) in [5.74, 6) is -0.585. The minimum atomic E-state index is -0.636. The van der Waals surface area contributed by atoms with Crippen molar-refractivity contribution in [2.75, 3.05) is 0 Å². The molecule has 0 saturated heterocycles. The maximum atomic E-state index is 12.0. The summed E-state index contributed by atoms with van der Waals surface area (Å²) in [6.07, 6.45) is 1.27. The van der Waals surface area contributed by atoms with Crippen molar-refractivity contribution in [2.24, 2.45) is 5.92 Å². The van der Waals surface area contributed by atoms with Crippen LogP contribution < -0.4 is 5.32 Å². The molecule has 0 aromatic heterocycles. The highest BCUT2D eigenvalue weighted by atomic mass is 16.2. The number of amides is 1. The van der Waals surface area contributed by atoms with Gasteiger partial charge in [0, 0.05) is 31.6 Å². The Hall–Kier alpha value is -1.52. The predicted octanol–water partition coefficient (Wildman–Crippen LogP) is 1.82. The second-order valence-electron chi connectivity index (χ2n) is 5.31. The van der Waals surface area contributed by atoms with Gasteiger partial charge in [0.15, 0.2) is 5.78 Å². The summed E-state index contributed by atoms with van der Waals surface area (Å²) in [5.41, 5.74) is 0. The first-order chi connectivity index (χ1) is 9.27. The third-order valence-electron chi connectivity index (χ3n) is 3.06. The van der Waals surface area contributed by atoms with Crippen LogP contribution in [0.15, 0.2) is 0 Å². The van der Waals surface area contributed by atoms with E-state index in [9.17, 15) is 19.2 Å².